The zero-order valence-electron chi connectivity index (χ0n) is 9.80. The molecule has 1 aromatic rings. The first kappa shape index (κ1) is 11.5. The molecule has 0 spiro atoms. The first-order valence-corrected chi connectivity index (χ1v) is 5.55. The summed E-state index contributed by atoms with van der Waals surface area (Å²) >= 11 is 0. The molecule has 0 aromatic heterocycles. The van der Waals surface area contributed by atoms with Gasteiger partial charge in [0.15, 0.2) is 0 Å². The molecule has 17 heavy (non-hydrogen) atoms. The SMILES string of the molecule is COC(=O)N1C=CC(Cc2ccccc2)=CC1. The van der Waals surface area contributed by atoms with Crippen LogP contribution in [-0.4, -0.2) is 24.6 Å². The third-order valence-electron chi connectivity index (χ3n) is 2.68. The van der Waals surface area contributed by atoms with Crippen molar-refractivity contribution in [2.45, 2.75) is 6.42 Å². The molecular weight excluding hydrogens is 214 g/mol. The van der Waals surface area contributed by atoms with Crippen molar-refractivity contribution < 1.29 is 9.53 Å². The summed E-state index contributed by atoms with van der Waals surface area (Å²) in [4.78, 5) is 12.8. The van der Waals surface area contributed by atoms with Crippen LogP contribution in [0.15, 0.2) is 54.3 Å². The number of hydrogen-bond acceptors (Lipinski definition) is 2. The molecule has 0 bridgehead atoms. The zero-order chi connectivity index (χ0) is 12.1. The van der Waals surface area contributed by atoms with Gasteiger partial charge in [-0.3, -0.25) is 4.90 Å². The minimum atomic E-state index is -0.323. The van der Waals surface area contributed by atoms with Crippen LogP contribution in [0, 0.1) is 0 Å². The minimum absolute atomic E-state index is 0.323. The number of amides is 1. The lowest BCUT2D eigenvalue weighted by atomic mass is 10.0. The maximum Gasteiger partial charge on any atom is 0.413 e. The van der Waals surface area contributed by atoms with E-state index < -0.39 is 0 Å². The Kier molecular flexibility index (Phi) is 3.60. The van der Waals surface area contributed by atoms with Crippen molar-refractivity contribution in [1.82, 2.24) is 4.90 Å². The average Bonchev–Trinajstić information content (AvgIpc) is 2.40. The van der Waals surface area contributed by atoms with Crippen LogP contribution in [-0.2, 0) is 11.2 Å². The molecule has 0 fully saturated rings. The van der Waals surface area contributed by atoms with E-state index in [1.54, 1.807) is 6.20 Å². The Labute approximate surface area is 101 Å². The van der Waals surface area contributed by atoms with Crippen molar-refractivity contribution in [2.24, 2.45) is 0 Å². The van der Waals surface area contributed by atoms with Crippen LogP contribution in [0.1, 0.15) is 5.56 Å². The molecule has 3 heteroatoms. The molecular formula is C14H15NO2. The number of allylic oxidation sites excluding steroid dienone is 2. The Balaban J connectivity index is 1.96. The van der Waals surface area contributed by atoms with E-state index in [2.05, 4.69) is 16.9 Å². The van der Waals surface area contributed by atoms with Gasteiger partial charge in [0.25, 0.3) is 0 Å². The number of carbonyl (C=O) groups excluding carboxylic acids is 1. The van der Waals surface area contributed by atoms with Crippen molar-refractivity contribution >= 4 is 6.09 Å². The first-order chi connectivity index (χ1) is 8.29. The van der Waals surface area contributed by atoms with Crippen LogP contribution in [0.5, 0.6) is 0 Å². The maximum atomic E-state index is 11.3. The van der Waals surface area contributed by atoms with Crippen LogP contribution >= 0.6 is 0 Å². The molecule has 0 unspecified atom stereocenters. The van der Waals surface area contributed by atoms with E-state index >= 15 is 0 Å². The van der Waals surface area contributed by atoms with E-state index in [9.17, 15) is 4.79 Å². The molecule has 2 rings (SSSR count). The van der Waals surface area contributed by atoms with E-state index in [0.717, 1.165) is 6.42 Å². The van der Waals surface area contributed by atoms with E-state index in [1.165, 1.54) is 23.1 Å². The normalized spacial score (nSPS) is 14.4. The second-order valence-corrected chi connectivity index (χ2v) is 3.88. The highest BCUT2D eigenvalue weighted by molar-refractivity contribution is 5.69. The number of rotatable bonds is 2. The van der Waals surface area contributed by atoms with Crippen LogP contribution in [0.4, 0.5) is 4.79 Å². The smallest absolute Gasteiger partial charge is 0.413 e. The summed E-state index contributed by atoms with van der Waals surface area (Å²) < 4.78 is 4.65. The summed E-state index contributed by atoms with van der Waals surface area (Å²) in [5.41, 5.74) is 2.49. The molecule has 88 valence electrons. The average molecular weight is 229 g/mol. The van der Waals surface area contributed by atoms with Gasteiger partial charge < -0.3 is 4.74 Å². The van der Waals surface area contributed by atoms with Crippen LogP contribution in [0.3, 0.4) is 0 Å². The van der Waals surface area contributed by atoms with Gasteiger partial charge in [0.1, 0.15) is 0 Å². The van der Waals surface area contributed by atoms with Crippen LogP contribution in [0.25, 0.3) is 0 Å². The number of benzene rings is 1. The molecule has 3 nitrogen and oxygen atoms in total. The Morgan fingerprint density at radius 1 is 1.35 bits per heavy atom. The Morgan fingerprint density at radius 3 is 2.71 bits per heavy atom. The Bertz CT molecular complexity index is 449. The van der Waals surface area contributed by atoms with Gasteiger partial charge >= 0.3 is 6.09 Å². The summed E-state index contributed by atoms with van der Waals surface area (Å²) in [6.45, 7) is 0.575. The van der Waals surface area contributed by atoms with E-state index in [-0.39, 0.29) is 6.09 Å². The zero-order valence-corrected chi connectivity index (χ0v) is 9.80. The highest BCUT2D eigenvalue weighted by atomic mass is 16.5. The molecule has 1 amide bonds. The first-order valence-electron chi connectivity index (χ1n) is 5.55. The van der Waals surface area contributed by atoms with Crippen molar-refractivity contribution in [1.29, 1.82) is 0 Å². The Morgan fingerprint density at radius 2 is 2.12 bits per heavy atom. The number of carbonyl (C=O) groups is 1. The third kappa shape index (κ3) is 2.97. The number of nitrogens with zero attached hydrogens (tertiary/aromatic N) is 1. The molecule has 1 aliphatic rings. The van der Waals surface area contributed by atoms with Gasteiger partial charge in [-0.15, -0.1) is 0 Å². The Hall–Kier alpha value is -2.03. The standard InChI is InChI=1S/C14H15NO2/c1-17-14(16)15-9-7-13(8-10-15)11-12-5-3-2-4-6-12/h2-9H,10-11H2,1H3. The lowest BCUT2D eigenvalue weighted by molar-refractivity contribution is 0.143. The minimum Gasteiger partial charge on any atom is -0.452 e. The van der Waals surface area contributed by atoms with Crippen molar-refractivity contribution in [3.8, 4) is 0 Å². The largest absolute Gasteiger partial charge is 0.452 e. The van der Waals surface area contributed by atoms with Gasteiger partial charge in [0, 0.05) is 12.7 Å². The predicted molar refractivity (Wildman–Crippen MR) is 66.5 cm³/mol. The molecule has 0 atom stereocenters. The van der Waals surface area contributed by atoms with Crippen LogP contribution in [0.2, 0.25) is 0 Å². The predicted octanol–water partition coefficient (Wildman–Crippen LogP) is 2.75. The van der Waals surface area contributed by atoms with E-state index in [1.807, 2.05) is 30.4 Å². The molecule has 0 radical (unpaired) electrons. The van der Waals surface area contributed by atoms with Gasteiger partial charge in [-0.1, -0.05) is 36.4 Å². The molecule has 0 saturated heterocycles. The van der Waals surface area contributed by atoms with Gasteiger partial charge in [-0.2, -0.15) is 0 Å². The fourth-order valence-electron chi connectivity index (χ4n) is 1.75. The van der Waals surface area contributed by atoms with E-state index in [0.29, 0.717) is 6.54 Å². The van der Waals surface area contributed by atoms with Gasteiger partial charge in [-0.25, -0.2) is 4.79 Å². The molecule has 1 aliphatic heterocycles. The molecule has 1 aromatic carbocycles. The molecule has 0 aliphatic carbocycles. The maximum absolute atomic E-state index is 11.3. The summed E-state index contributed by atoms with van der Waals surface area (Å²) in [6.07, 6.45) is 6.34. The van der Waals surface area contributed by atoms with Gasteiger partial charge in [0.2, 0.25) is 0 Å². The van der Waals surface area contributed by atoms with Gasteiger partial charge in [0.05, 0.1) is 7.11 Å². The van der Waals surface area contributed by atoms with Crippen molar-refractivity contribution in [2.75, 3.05) is 13.7 Å². The molecule has 0 N–H and O–H groups in total. The topological polar surface area (TPSA) is 29.5 Å². The molecule has 0 saturated carbocycles. The summed E-state index contributed by atoms with van der Waals surface area (Å²) in [5.74, 6) is 0. The fourth-order valence-corrected chi connectivity index (χ4v) is 1.75. The molecule has 1 heterocycles. The van der Waals surface area contributed by atoms with Crippen molar-refractivity contribution in [3.05, 3.63) is 59.8 Å². The van der Waals surface area contributed by atoms with E-state index in [4.69, 9.17) is 0 Å². The summed E-state index contributed by atoms with van der Waals surface area (Å²) in [5, 5.41) is 0. The summed E-state index contributed by atoms with van der Waals surface area (Å²) in [7, 11) is 1.39. The van der Waals surface area contributed by atoms with Gasteiger partial charge in [-0.05, 0) is 23.6 Å². The van der Waals surface area contributed by atoms with Crippen LogP contribution < -0.4 is 0 Å². The third-order valence-corrected chi connectivity index (χ3v) is 2.68. The number of methoxy groups -OCH3 is 1. The second-order valence-electron chi connectivity index (χ2n) is 3.88. The number of ether oxygens (including phenoxy) is 1. The fraction of sp³-hybridized carbons (Fsp3) is 0.214. The quantitative estimate of drug-likeness (QED) is 0.780. The van der Waals surface area contributed by atoms with Crippen molar-refractivity contribution in [3.63, 3.8) is 0 Å². The summed E-state index contributed by atoms with van der Waals surface area (Å²) in [6, 6.07) is 10.3. The lowest BCUT2D eigenvalue weighted by Crippen LogP contribution is -2.27. The highest BCUT2D eigenvalue weighted by Crippen LogP contribution is 2.13. The lowest BCUT2D eigenvalue weighted by Gasteiger charge is -2.19. The monoisotopic (exact) mass is 229 g/mol. The highest BCUT2D eigenvalue weighted by Gasteiger charge is 2.12. The second kappa shape index (κ2) is 5.34. The number of hydrogen-bond donors (Lipinski definition) is 0.